The summed E-state index contributed by atoms with van der Waals surface area (Å²) >= 11 is 0. The van der Waals surface area contributed by atoms with Crippen LogP contribution < -0.4 is 0 Å². The zero-order chi connectivity index (χ0) is 17.2. The Morgan fingerprint density at radius 2 is 1.96 bits per heavy atom. The second-order valence-corrected chi connectivity index (χ2v) is 6.58. The third kappa shape index (κ3) is 3.45. The number of nitrogens with zero attached hydrogens (tertiary/aromatic N) is 5. The number of benzene rings is 1. The van der Waals surface area contributed by atoms with Crippen LogP contribution in [0.3, 0.4) is 0 Å². The molecule has 128 valence electrons. The van der Waals surface area contributed by atoms with Crippen LogP contribution in [-0.2, 0) is 6.54 Å². The molecular formula is C19H21N5O. The van der Waals surface area contributed by atoms with E-state index < -0.39 is 6.10 Å². The van der Waals surface area contributed by atoms with E-state index in [-0.39, 0.29) is 0 Å². The van der Waals surface area contributed by atoms with Crippen molar-refractivity contribution in [2.45, 2.75) is 25.6 Å². The standard InChI is InChI=1S/C19H21N5O/c1-14(25)19-13-24(22-21-19)18-11-23(12-18)10-15-3-2-4-17(9-15)16-5-7-20-8-6-16/h2-9,13-14,18,25H,10-12H2,1H3/t14-/m1/s1. The number of likely N-dealkylation sites (tertiary alicyclic amines) is 1. The zero-order valence-corrected chi connectivity index (χ0v) is 14.2. The summed E-state index contributed by atoms with van der Waals surface area (Å²) in [4.78, 5) is 6.47. The lowest BCUT2D eigenvalue weighted by molar-refractivity contribution is 0.0896. The van der Waals surface area contributed by atoms with Gasteiger partial charge in [-0.25, -0.2) is 4.68 Å². The van der Waals surface area contributed by atoms with E-state index in [1.807, 2.05) is 35.4 Å². The van der Waals surface area contributed by atoms with Gasteiger partial charge in [0.2, 0.25) is 0 Å². The van der Waals surface area contributed by atoms with Gasteiger partial charge in [0, 0.05) is 32.0 Å². The Bertz CT molecular complexity index is 840. The van der Waals surface area contributed by atoms with Crippen LogP contribution in [0, 0.1) is 0 Å². The van der Waals surface area contributed by atoms with Crippen molar-refractivity contribution in [2.75, 3.05) is 13.1 Å². The summed E-state index contributed by atoms with van der Waals surface area (Å²) in [6, 6.07) is 13.0. The van der Waals surface area contributed by atoms with Gasteiger partial charge in [0.25, 0.3) is 0 Å². The van der Waals surface area contributed by atoms with E-state index in [0.717, 1.165) is 19.6 Å². The molecule has 3 aromatic rings. The van der Waals surface area contributed by atoms with Crippen LogP contribution in [0.4, 0.5) is 0 Å². The SMILES string of the molecule is C[C@@H](O)c1cn(C2CN(Cc3cccc(-c4ccncc4)c3)C2)nn1. The normalized spacial score (nSPS) is 16.6. The molecule has 4 rings (SSSR count). The fourth-order valence-corrected chi connectivity index (χ4v) is 3.15. The summed E-state index contributed by atoms with van der Waals surface area (Å²) in [7, 11) is 0. The summed E-state index contributed by atoms with van der Waals surface area (Å²) in [6.45, 7) is 4.52. The van der Waals surface area contributed by atoms with Crippen LogP contribution in [0.1, 0.15) is 30.3 Å². The lowest BCUT2D eigenvalue weighted by Gasteiger charge is -2.39. The molecule has 1 saturated heterocycles. The third-order valence-corrected chi connectivity index (χ3v) is 4.61. The molecule has 0 unspecified atom stereocenters. The summed E-state index contributed by atoms with van der Waals surface area (Å²) in [5, 5.41) is 17.7. The number of aromatic nitrogens is 4. The van der Waals surface area contributed by atoms with Gasteiger partial charge in [0.05, 0.1) is 18.3 Å². The fraction of sp³-hybridized carbons (Fsp3) is 0.316. The first-order valence-electron chi connectivity index (χ1n) is 8.50. The molecule has 0 spiro atoms. The number of hydrogen-bond acceptors (Lipinski definition) is 5. The maximum absolute atomic E-state index is 9.55. The molecule has 1 aliphatic heterocycles. The van der Waals surface area contributed by atoms with Crippen molar-refractivity contribution in [3.63, 3.8) is 0 Å². The molecule has 0 radical (unpaired) electrons. The van der Waals surface area contributed by atoms with Crippen molar-refractivity contribution in [3.05, 3.63) is 66.2 Å². The van der Waals surface area contributed by atoms with Crippen LogP contribution >= 0.6 is 0 Å². The highest BCUT2D eigenvalue weighted by atomic mass is 16.3. The van der Waals surface area contributed by atoms with Gasteiger partial charge < -0.3 is 5.11 Å². The molecule has 2 aromatic heterocycles. The summed E-state index contributed by atoms with van der Waals surface area (Å²) in [6.07, 6.45) is 4.92. The quantitative estimate of drug-likeness (QED) is 0.776. The largest absolute Gasteiger partial charge is 0.387 e. The van der Waals surface area contributed by atoms with E-state index in [2.05, 4.69) is 44.5 Å². The lowest BCUT2D eigenvalue weighted by atomic mass is 10.0. The van der Waals surface area contributed by atoms with Gasteiger partial charge in [0.15, 0.2) is 0 Å². The molecule has 3 heterocycles. The van der Waals surface area contributed by atoms with Gasteiger partial charge in [-0.3, -0.25) is 9.88 Å². The fourth-order valence-electron chi connectivity index (χ4n) is 3.15. The van der Waals surface area contributed by atoms with Gasteiger partial charge in [0.1, 0.15) is 5.69 Å². The minimum absolute atomic E-state index is 0.336. The maximum Gasteiger partial charge on any atom is 0.111 e. The highest BCUT2D eigenvalue weighted by Gasteiger charge is 2.29. The van der Waals surface area contributed by atoms with E-state index in [0.29, 0.717) is 11.7 Å². The van der Waals surface area contributed by atoms with Crippen molar-refractivity contribution in [1.82, 2.24) is 24.9 Å². The molecule has 1 N–H and O–H groups in total. The molecule has 1 atom stereocenters. The highest BCUT2D eigenvalue weighted by Crippen LogP contribution is 2.25. The van der Waals surface area contributed by atoms with Crippen LogP contribution in [0.25, 0.3) is 11.1 Å². The van der Waals surface area contributed by atoms with Crippen LogP contribution in [0.5, 0.6) is 0 Å². The van der Waals surface area contributed by atoms with Crippen LogP contribution in [-0.4, -0.2) is 43.1 Å². The number of hydrogen-bond donors (Lipinski definition) is 1. The Hall–Kier alpha value is -2.57. The minimum Gasteiger partial charge on any atom is -0.387 e. The van der Waals surface area contributed by atoms with Gasteiger partial charge in [-0.05, 0) is 41.8 Å². The molecular weight excluding hydrogens is 314 g/mol. The Morgan fingerprint density at radius 1 is 1.16 bits per heavy atom. The van der Waals surface area contributed by atoms with Crippen LogP contribution in [0.2, 0.25) is 0 Å². The number of aliphatic hydroxyl groups excluding tert-OH is 1. The smallest absolute Gasteiger partial charge is 0.111 e. The van der Waals surface area contributed by atoms with Crippen LogP contribution in [0.15, 0.2) is 55.0 Å². The molecule has 0 bridgehead atoms. The van der Waals surface area contributed by atoms with Gasteiger partial charge in [-0.2, -0.15) is 0 Å². The molecule has 1 aromatic carbocycles. The molecule has 6 heteroatoms. The monoisotopic (exact) mass is 335 g/mol. The second-order valence-electron chi connectivity index (χ2n) is 6.58. The highest BCUT2D eigenvalue weighted by molar-refractivity contribution is 5.63. The van der Waals surface area contributed by atoms with Crippen molar-refractivity contribution in [2.24, 2.45) is 0 Å². The zero-order valence-electron chi connectivity index (χ0n) is 14.2. The van der Waals surface area contributed by atoms with E-state index in [9.17, 15) is 5.11 Å². The van der Waals surface area contributed by atoms with E-state index in [1.54, 1.807) is 6.92 Å². The number of rotatable bonds is 5. The topological polar surface area (TPSA) is 67.1 Å². The molecule has 1 aliphatic rings. The molecule has 1 fully saturated rings. The first-order chi connectivity index (χ1) is 12.2. The molecule has 0 aliphatic carbocycles. The number of pyridine rings is 1. The minimum atomic E-state index is -0.569. The Kier molecular flexibility index (Phi) is 4.29. The second kappa shape index (κ2) is 6.74. The van der Waals surface area contributed by atoms with Crippen molar-refractivity contribution >= 4 is 0 Å². The van der Waals surface area contributed by atoms with E-state index >= 15 is 0 Å². The van der Waals surface area contributed by atoms with E-state index in [4.69, 9.17) is 0 Å². The molecule has 0 amide bonds. The van der Waals surface area contributed by atoms with E-state index in [1.165, 1.54) is 16.7 Å². The third-order valence-electron chi connectivity index (χ3n) is 4.61. The Balaban J connectivity index is 1.38. The molecule has 0 saturated carbocycles. The van der Waals surface area contributed by atoms with Gasteiger partial charge >= 0.3 is 0 Å². The molecule has 6 nitrogen and oxygen atoms in total. The van der Waals surface area contributed by atoms with Crippen molar-refractivity contribution in [1.29, 1.82) is 0 Å². The van der Waals surface area contributed by atoms with Crippen molar-refractivity contribution < 1.29 is 5.11 Å². The van der Waals surface area contributed by atoms with Gasteiger partial charge in [-0.1, -0.05) is 23.4 Å². The first kappa shape index (κ1) is 15.9. The van der Waals surface area contributed by atoms with Crippen molar-refractivity contribution in [3.8, 4) is 11.1 Å². The average molecular weight is 335 g/mol. The predicted octanol–water partition coefficient (Wildman–Crippen LogP) is 2.45. The summed E-state index contributed by atoms with van der Waals surface area (Å²) in [5.41, 5.74) is 4.33. The first-order valence-corrected chi connectivity index (χ1v) is 8.50. The predicted molar refractivity (Wildman–Crippen MR) is 94.6 cm³/mol. The van der Waals surface area contributed by atoms with Gasteiger partial charge in [-0.15, -0.1) is 5.10 Å². The maximum atomic E-state index is 9.55. The number of aliphatic hydroxyl groups is 1. The summed E-state index contributed by atoms with van der Waals surface area (Å²) in [5.74, 6) is 0. The molecule has 25 heavy (non-hydrogen) atoms. The lowest BCUT2D eigenvalue weighted by Crippen LogP contribution is -2.47. The summed E-state index contributed by atoms with van der Waals surface area (Å²) < 4.78 is 1.87. The Morgan fingerprint density at radius 3 is 2.68 bits per heavy atom. The Labute approximate surface area is 146 Å². The average Bonchev–Trinajstić information content (AvgIpc) is 3.09.